The minimum Gasteiger partial charge on any atom is -0.493 e. The lowest BCUT2D eigenvalue weighted by atomic mass is 9.96. The zero-order valence-corrected chi connectivity index (χ0v) is 9.69. The number of hydrogen-bond donors (Lipinski definition) is 0. The molecule has 17 heavy (non-hydrogen) atoms. The fourth-order valence-electron chi connectivity index (χ4n) is 1.48. The molecule has 0 aliphatic heterocycles. The summed E-state index contributed by atoms with van der Waals surface area (Å²) in [5, 5.41) is 0. The Balaban J connectivity index is 1.88. The lowest BCUT2D eigenvalue weighted by Crippen LogP contribution is -2.09. The van der Waals surface area contributed by atoms with E-state index in [9.17, 15) is 4.39 Å². The molecule has 0 saturated carbocycles. The number of rotatable bonds is 4. The number of nitrogens with zero attached hydrogens (tertiary/aromatic N) is 1. The van der Waals surface area contributed by atoms with E-state index in [2.05, 4.69) is 4.98 Å². The van der Waals surface area contributed by atoms with Crippen LogP contribution in [0.3, 0.4) is 0 Å². The number of halogens is 1. The van der Waals surface area contributed by atoms with Gasteiger partial charge in [0.05, 0.1) is 6.61 Å². The molecule has 4 heteroatoms. The fourth-order valence-corrected chi connectivity index (χ4v) is 1.48. The lowest BCUT2D eigenvalue weighted by molar-refractivity contribution is 0.319. The van der Waals surface area contributed by atoms with Gasteiger partial charge in [-0.3, -0.25) is 4.98 Å². The summed E-state index contributed by atoms with van der Waals surface area (Å²) in [5.74, 6) is 0.323. The van der Waals surface area contributed by atoms with Crippen molar-refractivity contribution in [3.63, 3.8) is 0 Å². The van der Waals surface area contributed by atoms with E-state index in [4.69, 9.17) is 4.74 Å². The van der Waals surface area contributed by atoms with Gasteiger partial charge >= 0.3 is 0 Å². The topological polar surface area (TPSA) is 22.1 Å². The Morgan fingerprint density at radius 2 is 2.12 bits per heavy atom. The van der Waals surface area contributed by atoms with Crippen LogP contribution in [-0.4, -0.2) is 19.4 Å². The van der Waals surface area contributed by atoms with Gasteiger partial charge in [-0.2, -0.15) is 0 Å². The molecule has 0 saturated heterocycles. The molecule has 1 aromatic carbocycles. The summed E-state index contributed by atoms with van der Waals surface area (Å²) in [6.07, 6.45) is 2.47. The molecule has 0 bridgehead atoms. The van der Waals surface area contributed by atoms with E-state index < -0.39 is 0 Å². The van der Waals surface area contributed by atoms with E-state index in [-0.39, 0.29) is 5.82 Å². The van der Waals surface area contributed by atoms with E-state index in [1.54, 1.807) is 26.2 Å². The Kier molecular flexibility index (Phi) is 3.75. The van der Waals surface area contributed by atoms with Crippen molar-refractivity contribution in [2.24, 2.45) is 0 Å². The normalized spacial score (nSPS) is 10.2. The number of benzene rings is 1. The second kappa shape index (κ2) is 5.48. The number of aromatic nitrogens is 1. The highest BCUT2D eigenvalue weighted by molar-refractivity contribution is 6.32. The van der Waals surface area contributed by atoms with Gasteiger partial charge in [-0.05, 0) is 18.2 Å². The first kappa shape index (κ1) is 11.6. The number of ether oxygens (including phenoxy) is 1. The Bertz CT molecular complexity index is 490. The minimum absolute atomic E-state index is 0.236. The molecule has 0 spiro atoms. The first-order valence-electron chi connectivity index (χ1n) is 5.54. The molecule has 2 rings (SSSR count). The molecular weight excluding hydrogens is 216 g/mol. The highest BCUT2D eigenvalue weighted by Crippen LogP contribution is 2.10. The average molecular weight is 229 g/mol. The number of pyridine rings is 1. The van der Waals surface area contributed by atoms with Crippen LogP contribution < -0.4 is 10.2 Å². The molecule has 0 N–H and O–H groups in total. The second-order valence-electron chi connectivity index (χ2n) is 3.83. The van der Waals surface area contributed by atoms with Crippen LogP contribution in [-0.2, 0) is 6.42 Å². The Morgan fingerprint density at radius 3 is 2.82 bits per heavy atom. The van der Waals surface area contributed by atoms with Gasteiger partial charge in [0.15, 0.2) is 0 Å². The minimum atomic E-state index is -0.236. The maximum absolute atomic E-state index is 13.2. The van der Waals surface area contributed by atoms with E-state index >= 15 is 0 Å². The van der Waals surface area contributed by atoms with Crippen molar-refractivity contribution in [3.05, 3.63) is 54.1 Å². The third kappa shape index (κ3) is 3.31. The largest absolute Gasteiger partial charge is 0.493 e. The van der Waals surface area contributed by atoms with Crippen LogP contribution >= 0.6 is 0 Å². The van der Waals surface area contributed by atoms with Crippen molar-refractivity contribution in [2.75, 3.05) is 6.61 Å². The van der Waals surface area contributed by atoms with E-state index in [0.717, 1.165) is 12.1 Å². The van der Waals surface area contributed by atoms with Gasteiger partial charge in [-0.1, -0.05) is 17.6 Å². The molecule has 0 unspecified atom stereocenters. The van der Waals surface area contributed by atoms with Crippen molar-refractivity contribution in [1.29, 1.82) is 0 Å². The summed E-state index contributed by atoms with van der Waals surface area (Å²) in [5.41, 5.74) is 1.60. The van der Waals surface area contributed by atoms with Crippen LogP contribution in [0, 0.1) is 5.82 Å². The summed E-state index contributed by atoms with van der Waals surface area (Å²) in [7, 11) is 1.73. The van der Waals surface area contributed by atoms with Crippen molar-refractivity contribution in [1.82, 2.24) is 4.98 Å². The molecule has 2 aromatic rings. The van der Waals surface area contributed by atoms with Crippen LogP contribution in [0.15, 0.2) is 42.6 Å². The summed E-state index contributed by atoms with van der Waals surface area (Å²) >= 11 is 0. The Labute approximate surface area is 101 Å². The smallest absolute Gasteiger partial charge is 0.143 e. The standard InChI is InChI=1S/C13H13BFNO/c14-12-5-4-11(9-13(12)15)17-8-6-10-3-1-2-7-16-10/h1-5,7,9H,6,8,14H2. The highest BCUT2D eigenvalue weighted by atomic mass is 19.1. The maximum Gasteiger partial charge on any atom is 0.143 e. The third-order valence-electron chi connectivity index (χ3n) is 2.50. The average Bonchev–Trinajstić information content (AvgIpc) is 2.35. The predicted molar refractivity (Wildman–Crippen MR) is 68.0 cm³/mol. The van der Waals surface area contributed by atoms with Gasteiger partial charge in [-0.25, -0.2) is 4.39 Å². The highest BCUT2D eigenvalue weighted by Gasteiger charge is 2.00. The summed E-state index contributed by atoms with van der Waals surface area (Å²) in [6.45, 7) is 0.500. The van der Waals surface area contributed by atoms with Crippen molar-refractivity contribution >= 4 is 13.3 Å². The Hall–Kier alpha value is -1.84. The van der Waals surface area contributed by atoms with Gasteiger partial charge in [0, 0.05) is 24.4 Å². The van der Waals surface area contributed by atoms with Gasteiger partial charge in [0.2, 0.25) is 0 Å². The zero-order valence-electron chi connectivity index (χ0n) is 9.69. The molecule has 0 amide bonds. The summed E-state index contributed by atoms with van der Waals surface area (Å²) < 4.78 is 18.7. The third-order valence-corrected chi connectivity index (χ3v) is 2.50. The fraction of sp³-hybridized carbons (Fsp3) is 0.154. The van der Waals surface area contributed by atoms with E-state index in [1.807, 2.05) is 18.2 Å². The number of hydrogen-bond acceptors (Lipinski definition) is 2. The van der Waals surface area contributed by atoms with Crippen molar-refractivity contribution < 1.29 is 9.13 Å². The monoisotopic (exact) mass is 229 g/mol. The van der Waals surface area contributed by atoms with Crippen molar-refractivity contribution in [2.45, 2.75) is 6.42 Å². The SMILES string of the molecule is Bc1ccc(OCCc2ccccn2)cc1F. The van der Waals surface area contributed by atoms with Crippen LogP contribution in [0.2, 0.25) is 0 Å². The van der Waals surface area contributed by atoms with Crippen LogP contribution in [0.5, 0.6) is 5.75 Å². The van der Waals surface area contributed by atoms with E-state index in [1.165, 1.54) is 6.07 Å². The van der Waals surface area contributed by atoms with E-state index in [0.29, 0.717) is 17.8 Å². The van der Waals surface area contributed by atoms with Gasteiger partial charge in [0.25, 0.3) is 0 Å². The molecule has 1 heterocycles. The Morgan fingerprint density at radius 1 is 1.24 bits per heavy atom. The van der Waals surface area contributed by atoms with Crippen molar-refractivity contribution in [3.8, 4) is 5.75 Å². The first-order valence-corrected chi connectivity index (χ1v) is 5.54. The molecule has 0 radical (unpaired) electrons. The van der Waals surface area contributed by atoms with Crippen LogP contribution in [0.1, 0.15) is 5.69 Å². The summed E-state index contributed by atoms with van der Waals surface area (Å²) in [4.78, 5) is 4.19. The zero-order chi connectivity index (χ0) is 12.1. The quantitative estimate of drug-likeness (QED) is 0.732. The van der Waals surface area contributed by atoms with Crippen LogP contribution in [0.4, 0.5) is 4.39 Å². The van der Waals surface area contributed by atoms with Crippen LogP contribution in [0.25, 0.3) is 0 Å². The van der Waals surface area contributed by atoms with Gasteiger partial charge < -0.3 is 4.74 Å². The van der Waals surface area contributed by atoms with Gasteiger partial charge in [-0.15, -0.1) is 0 Å². The molecule has 0 aliphatic carbocycles. The lowest BCUT2D eigenvalue weighted by Gasteiger charge is -2.06. The molecular formula is C13H13BFNO. The molecule has 0 aliphatic rings. The molecule has 2 nitrogen and oxygen atoms in total. The molecule has 0 atom stereocenters. The molecule has 86 valence electrons. The van der Waals surface area contributed by atoms with Gasteiger partial charge in [0.1, 0.15) is 19.4 Å². The predicted octanol–water partition coefficient (Wildman–Crippen LogP) is 1.10. The molecule has 1 aromatic heterocycles. The maximum atomic E-state index is 13.2. The molecule has 0 fully saturated rings. The first-order chi connectivity index (χ1) is 8.25. The summed E-state index contributed by atoms with van der Waals surface area (Å²) in [6, 6.07) is 10.7. The second-order valence-corrected chi connectivity index (χ2v) is 3.83.